The van der Waals surface area contributed by atoms with Crippen molar-refractivity contribution in [2.45, 2.75) is 27.0 Å². The third-order valence-electron chi connectivity index (χ3n) is 2.36. The molecule has 1 rings (SSSR count). The summed E-state index contributed by atoms with van der Waals surface area (Å²) in [5, 5.41) is 2.58. The number of esters is 1. The number of benzene rings is 1. The van der Waals surface area contributed by atoms with Crippen molar-refractivity contribution in [1.82, 2.24) is 5.32 Å². The predicted octanol–water partition coefficient (Wildman–Crippen LogP) is 1.52. The van der Waals surface area contributed by atoms with Gasteiger partial charge in [-0.25, -0.2) is 4.99 Å². The molecule has 0 aromatic heterocycles. The quantitative estimate of drug-likeness (QED) is 0.646. The first kappa shape index (κ1) is 14.9. The van der Waals surface area contributed by atoms with Crippen LogP contribution in [0.4, 0.5) is 0 Å². The Hall–Kier alpha value is -2.17. The summed E-state index contributed by atoms with van der Waals surface area (Å²) in [6.45, 7) is 5.26. The van der Waals surface area contributed by atoms with E-state index in [-0.39, 0.29) is 0 Å². The van der Waals surface area contributed by atoms with Crippen LogP contribution in [0.15, 0.2) is 35.3 Å². The maximum absolute atomic E-state index is 11.8. The summed E-state index contributed by atoms with van der Waals surface area (Å²) in [5.41, 5.74) is 1.52. The summed E-state index contributed by atoms with van der Waals surface area (Å²) < 4.78 is 4.92. The lowest BCUT2D eigenvalue weighted by atomic mass is 10.1. The van der Waals surface area contributed by atoms with Crippen LogP contribution in [0.25, 0.3) is 0 Å². The molecule has 0 aliphatic heterocycles. The third kappa shape index (κ3) is 4.91. The van der Waals surface area contributed by atoms with Crippen LogP contribution in [0.1, 0.15) is 26.3 Å². The Morgan fingerprint density at radius 1 is 1.26 bits per heavy atom. The average Bonchev–Trinajstić information content (AvgIpc) is 2.38. The molecule has 0 bridgehead atoms. The van der Waals surface area contributed by atoms with E-state index in [1.54, 1.807) is 13.8 Å². The molecule has 5 heteroatoms. The number of ether oxygens (including phenoxy) is 1. The fourth-order valence-electron chi connectivity index (χ4n) is 1.49. The molecule has 0 aliphatic carbocycles. The number of aliphatic imine (C=N–C) groups is 1. The molecule has 0 fully saturated rings. The molecule has 0 spiro atoms. The highest BCUT2D eigenvalue weighted by Crippen LogP contribution is 2.04. The number of carbonyl (C=O) groups excluding carboxylic acids is 2. The van der Waals surface area contributed by atoms with Crippen LogP contribution in [0.5, 0.6) is 0 Å². The summed E-state index contributed by atoms with van der Waals surface area (Å²) in [4.78, 5) is 26.9. The molecule has 102 valence electrons. The van der Waals surface area contributed by atoms with E-state index in [1.165, 1.54) is 6.92 Å². The van der Waals surface area contributed by atoms with E-state index < -0.39 is 18.1 Å². The maximum atomic E-state index is 11.8. The van der Waals surface area contributed by atoms with Crippen LogP contribution < -0.4 is 5.32 Å². The van der Waals surface area contributed by atoms with Gasteiger partial charge in [0.2, 0.25) is 0 Å². The lowest BCUT2D eigenvalue weighted by molar-refractivity contribution is -0.153. The lowest BCUT2D eigenvalue weighted by Gasteiger charge is -2.13. The van der Waals surface area contributed by atoms with Gasteiger partial charge in [-0.1, -0.05) is 30.3 Å². The lowest BCUT2D eigenvalue weighted by Crippen LogP contribution is -2.36. The van der Waals surface area contributed by atoms with Gasteiger partial charge in [-0.3, -0.25) is 9.59 Å². The molecule has 0 heterocycles. The van der Waals surface area contributed by atoms with E-state index in [0.717, 1.165) is 5.56 Å². The van der Waals surface area contributed by atoms with Crippen LogP contribution >= 0.6 is 0 Å². The minimum atomic E-state index is -1.14. The Labute approximate surface area is 112 Å². The summed E-state index contributed by atoms with van der Waals surface area (Å²) in [7, 11) is 0. The van der Waals surface area contributed by atoms with Crippen molar-refractivity contribution in [3.05, 3.63) is 35.9 Å². The highest BCUT2D eigenvalue weighted by molar-refractivity contribution is 6.00. The molecule has 1 N–H and O–H groups in total. The maximum Gasteiger partial charge on any atom is 0.305 e. The van der Waals surface area contributed by atoms with E-state index in [2.05, 4.69) is 10.3 Å². The van der Waals surface area contributed by atoms with Crippen molar-refractivity contribution in [2.24, 2.45) is 4.99 Å². The van der Waals surface area contributed by atoms with E-state index in [1.807, 2.05) is 30.3 Å². The molecule has 1 unspecified atom stereocenters. The number of likely N-dealkylation sites (N-methyl/N-ethyl adjacent to an activating group) is 1. The molecule has 0 saturated carbocycles. The van der Waals surface area contributed by atoms with Crippen LogP contribution in [0, 0.1) is 0 Å². The zero-order valence-corrected chi connectivity index (χ0v) is 11.3. The molecule has 5 nitrogen and oxygen atoms in total. The van der Waals surface area contributed by atoms with Gasteiger partial charge in [0.25, 0.3) is 12.1 Å². The smallest absolute Gasteiger partial charge is 0.305 e. The van der Waals surface area contributed by atoms with E-state index in [9.17, 15) is 9.59 Å². The summed E-state index contributed by atoms with van der Waals surface area (Å²) >= 11 is 0. The molecule has 1 aromatic rings. The largest absolute Gasteiger partial charge is 0.430 e. The number of rotatable bonds is 5. The van der Waals surface area contributed by atoms with Gasteiger partial charge in [-0.05, 0) is 19.4 Å². The minimum absolute atomic E-state index is 0.423. The second-order valence-electron chi connectivity index (χ2n) is 3.94. The number of carbonyl (C=O) groups is 2. The first-order valence-corrected chi connectivity index (χ1v) is 6.09. The predicted molar refractivity (Wildman–Crippen MR) is 72.9 cm³/mol. The average molecular weight is 262 g/mol. The van der Waals surface area contributed by atoms with Crippen molar-refractivity contribution >= 4 is 17.6 Å². The third-order valence-corrected chi connectivity index (χ3v) is 2.36. The molecule has 0 radical (unpaired) electrons. The molecule has 0 aliphatic rings. The van der Waals surface area contributed by atoms with Crippen LogP contribution in [-0.4, -0.2) is 30.4 Å². The van der Waals surface area contributed by atoms with Crippen molar-refractivity contribution in [2.75, 3.05) is 6.54 Å². The number of nitrogens with one attached hydrogen (secondary N) is 1. The Balaban J connectivity index is 2.92. The van der Waals surface area contributed by atoms with Crippen LogP contribution in [0.3, 0.4) is 0 Å². The summed E-state index contributed by atoms with van der Waals surface area (Å²) in [5.74, 6) is -0.964. The summed E-state index contributed by atoms with van der Waals surface area (Å²) in [6, 6.07) is 9.40. The van der Waals surface area contributed by atoms with Gasteiger partial charge in [0.1, 0.15) is 0 Å². The zero-order chi connectivity index (χ0) is 14.3. The molecule has 1 aromatic carbocycles. The van der Waals surface area contributed by atoms with Crippen molar-refractivity contribution in [1.29, 1.82) is 0 Å². The topological polar surface area (TPSA) is 67.8 Å². The van der Waals surface area contributed by atoms with Crippen molar-refractivity contribution in [3.8, 4) is 0 Å². The second kappa shape index (κ2) is 7.31. The molecule has 1 atom stereocenters. The Kier molecular flexibility index (Phi) is 5.73. The number of amides is 1. The van der Waals surface area contributed by atoms with Gasteiger partial charge in [-0.15, -0.1) is 0 Å². The highest BCUT2D eigenvalue weighted by atomic mass is 16.6. The number of hydrogen-bond donors (Lipinski definition) is 1. The monoisotopic (exact) mass is 262 g/mol. The fourth-order valence-corrected chi connectivity index (χ4v) is 1.49. The standard InChI is InChI=1S/C14H18N2O3/c1-4-15-13(18)14(19-11(3)17)16-10(2)12-8-6-5-7-9-12/h5-9,14H,4H2,1-3H3,(H,15,18)/b16-10+. The molecule has 19 heavy (non-hydrogen) atoms. The zero-order valence-electron chi connectivity index (χ0n) is 11.3. The van der Waals surface area contributed by atoms with E-state index in [0.29, 0.717) is 12.3 Å². The molecule has 1 amide bonds. The minimum Gasteiger partial charge on any atom is -0.430 e. The van der Waals surface area contributed by atoms with Crippen LogP contribution in [-0.2, 0) is 14.3 Å². The van der Waals surface area contributed by atoms with Gasteiger partial charge in [0.05, 0.1) is 0 Å². The highest BCUT2D eigenvalue weighted by Gasteiger charge is 2.20. The molecular formula is C14H18N2O3. The van der Waals surface area contributed by atoms with E-state index in [4.69, 9.17) is 4.74 Å². The number of nitrogens with zero attached hydrogens (tertiary/aromatic N) is 1. The summed E-state index contributed by atoms with van der Waals surface area (Å²) in [6.07, 6.45) is -1.14. The van der Waals surface area contributed by atoms with Gasteiger partial charge >= 0.3 is 5.97 Å². The normalized spacial score (nSPS) is 12.7. The number of hydrogen-bond acceptors (Lipinski definition) is 4. The first-order valence-electron chi connectivity index (χ1n) is 6.09. The van der Waals surface area contributed by atoms with Crippen LogP contribution in [0.2, 0.25) is 0 Å². The van der Waals surface area contributed by atoms with Gasteiger partial charge in [0, 0.05) is 19.2 Å². The Morgan fingerprint density at radius 3 is 2.42 bits per heavy atom. The fraction of sp³-hybridized carbons (Fsp3) is 0.357. The van der Waals surface area contributed by atoms with Gasteiger partial charge in [-0.2, -0.15) is 0 Å². The Morgan fingerprint density at radius 2 is 1.89 bits per heavy atom. The van der Waals surface area contributed by atoms with Crippen molar-refractivity contribution in [3.63, 3.8) is 0 Å². The van der Waals surface area contributed by atoms with Gasteiger partial charge < -0.3 is 10.1 Å². The first-order chi connectivity index (χ1) is 9.04. The van der Waals surface area contributed by atoms with E-state index >= 15 is 0 Å². The van der Waals surface area contributed by atoms with Crippen molar-refractivity contribution < 1.29 is 14.3 Å². The SMILES string of the molecule is CCNC(=O)C(/N=C(\C)c1ccccc1)OC(C)=O. The Bertz CT molecular complexity index is 469. The molecular weight excluding hydrogens is 244 g/mol. The second-order valence-corrected chi connectivity index (χ2v) is 3.94. The van der Waals surface area contributed by atoms with Gasteiger partial charge in [0.15, 0.2) is 0 Å². The molecule has 0 saturated heterocycles.